The van der Waals surface area contributed by atoms with Gasteiger partial charge in [0, 0.05) is 5.56 Å². The Morgan fingerprint density at radius 1 is 1.21 bits per heavy atom. The van der Waals surface area contributed by atoms with E-state index in [-0.39, 0.29) is 23.4 Å². The lowest BCUT2D eigenvalue weighted by Gasteiger charge is -2.28. The van der Waals surface area contributed by atoms with Crippen LogP contribution < -0.4 is 15.4 Å². The molecular weight excluding hydrogens is 433 g/mol. The van der Waals surface area contributed by atoms with Gasteiger partial charge in [-0.05, 0) is 41.0 Å². The summed E-state index contributed by atoms with van der Waals surface area (Å²) in [6, 6.07) is 9.38. The van der Waals surface area contributed by atoms with Gasteiger partial charge in [0.25, 0.3) is 0 Å². The molecule has 0 spiro atoms. The molecule has 33 heavy (non-hydrogen) atoms. The van der Waals surface area contributed by atoms with Gasteiger partial charge in [-0.3, -0.25) is 0 Å². The summed E-state index contributed by atoms with van der Waals surface area (Å²) in [5, 5.41) is 16.0. The number of benzene rings is 2. The monoisotopic (exact) mass is 464 g/mol. The quantitative estimate of drug-likeness (QED) is 0.522. The molecule has 180 valence electrons. The molecule has 0 saturated carbocycles. The Balaban J connectivity index is 1.93. The zero-order valence-corrected chi connectivity index (χ0v) is 19.5. The van der Waals surface area contributed by atoms with Gasteiger partial charge in [-0.15, -0.1) is 0 Å². The van der Waals surface area contributed by atoms with E-state index >= 15 is 0 Å². The molecule has 3 N–H and O–H groups in total. The summed E-state index contributed by atoms with van der Waals surface area (Å²) in [6.07, 6.45) is -5.02. The van der Waals surface area contributed by atoms with Crippen molar-refractivity contribution in [3.05, 3.63) is 58.7 Å². The zero-order chi connectivity index (χ0) is 24.6. The van der Waals surface area contributed by atoms with Crippen molar-refractivity contribution in [2.24, 2.45) is 0 Å². The number of halogens is 3. The van der Waals surface area contributed by atoms with E-state index in [1.807, 2.05) is 45.0 Å². The molecule has 0 radical (unpaired) electrons. The predicted octanol–water partition coefficient (Wildman–Crippen LogP) is 5.83. The van der Waals surface area contributed by atoms with E-state index in [2.05, 4.69) is 10.6 Å². The average Bonchev–Trinajstić information content (AvgIpc) is 3.02. The summed E-state index contributed by atoms with van der Waals surface area (Å²) in [5.41, 5.74) is 2.04. The second-order valence-electron chi connectivity index (χ2n) is 9.45. The van der Waals surface area contributed by atoms with E-state index in [1.54, 1.807) is 6.07 Å². The van der Waals surface area contributed by atoms with Gasteiger partial charge in [-0.2, -0.15) is 13.2 Å². The van der Waals surface area contributed by atoms with E-state index in [9.17, 15) is 23.1 Å². The maximum Gasteiger partial charge on any atom is 0.395 e. The minimum Gasteiger partial charge on any atom is -0.494 e. The van der Waals surface area contributed by atoms with Gasteiger partial charge in [0.05, 0.1) is 30.9 Å². The number of carbonyl (C=O) groups excluding carboxylic acids is 1. The largest absolute Gasteiger partial charge is 0.494 e. The maximum atomic E-state index is 13.8. The van der Waals surface area contributed by atoms with Gasteiger partial charge in [0.2, 0.25) is 0 Å². The Hall–Kier alpha value is -2.74. The van der Waals surface area contributed by atoms with Crippen LogP contribution in [0.25, 0.3) is 0 Å². The molecule has 5 nitrogen and oxygen atoms in total. The average molecular weight is 465 g/mol. The van der Waals surface area contributed by atoms with Gasteiger partial charge in [0.1, 0.15) is 5.75 Å². The van der Waals surface area contributed by atoms with E-state index in [1.165, 1.54) is 20.1 Å². The number of ether oxygens (including phenoxy) is 1. The molecular formula is C25H31F3N2O3. The third kappa shape index (κ3) is 5.27. The van der Waals surface area contributed by atoms with E-state index in [0.29, 0.717) is 12.0 Å². The van der Waals surface area contributed by atoms with Crippen LogP contribution in [0, 0.1) is 0 Å². The number of urea groups is 1. The summed E-state index contributed by atoms with van der Waals surface area (Å²) < 4.78 is 46.8. The van der Waals surface area contributed by atoms with Crippen LogP contribution in [0.15, 0.2) is 36.4 Å². The lowest BCUT2D eigenvalue weighted by Crippen LogP contribution is -2.40. The Bertz CT molecular complexity index is 1010. The molecule has 0 heterocycles. The van der Waals surface area contributed by atoms with Crippen molar-refractivity contribution >= 4 is 11.7 Å². The fraction of sp³-hybridized carbons (Fsp3) is 0.480. The topological polar surface area (TPSA) is 70.6 Å². The summed E-state index contributed by atoms with van der Waals surface area (Å²) in [5.74, 6) is -1.75. The maximum absolute atomic E-state index is 13.8. The second-order valence-corrected chi connectivity index (χ2v) is 9.45. The van der Waals surface area contributed by atoms with Crippen LogP contribution in [0.3, 0.4) is 0 Å². The lowest BCUT2D eigenvalue weighted by atomic mass is 9.83. The molecule has 0 unspecified atom stereocenters. The number of aliphatic hydroxyl groups excluding tert-OH is 1. The minimum absolute atomic E-state index is 0.0106. The zero-order valence-electron chi connectivity index (χ0n) is 19.5. The molecule has 3 atom stereocenters. The van der Waals surface area contributed by atoms with Crippen molar-refractivity contribution in [1.82, 2.24) is 5.32 Å². The Labute approximate surface area is 192 Å². The third-order valence-electron chi connectivity index (χ3n) is 6.13. The molecule has 0 aromatic heterocycles. The highest BCUT2D eigenvalue weighted by molar-refractivity contribution is 5.92. The molecule has 2 aromatic carbocycles. The van der Waals surface area contributed by atoms with Gasteiger partial charge >= 0.3 is 12.2 Å². The highest BCUT2D eigenvalue weighted by Gasteiger charge is 2.42. The number of amides is 2. The number of carbonyl (C=O) groups is 1. The van der Waals surface area contributed by atoms with Crippen LogP contribution in [-0.4, -0.2) is 30.5 Å². The van der Waals surface area contributed by atoms with Crippen molar-refractivity contribution in [2.75, 3.05) is 12.4 Å². The summed E-state index contributed by atoms with van der Waals surface area (Å²) in [4.78, 5) is 12.8. The highest BCUT2D eigenvalue weighted by Crippen LogP contribution is 2.46. The van der Waals surface area contributed by atoms with Crippen molar-refractivity contribution in [3.8, 4) is 5.75 Å². The minimum atomic E-state index is -4.46. The van der Waals surface area contributed by atoms with Crippen molar-refractivity contribution in [3.63, 3.8) is 0 Å². The number of anilines is 1. The SMILES string of the molecule is CC[C@H](c1cc(C(C)(C)C)cc(NC(=O)N[C@@H]2Cc3ccccc3[C@@H]2O)c1OC)C(F)(F)F. The first-order chi connectivity index (χ1) is 15.4. The molecule has 2 amide bonds. The predicted molar refractivity (Wildman–Crippen MR) is 122 cm³/mol. The van der Waals surface area contributed by atoms with Crippen LogP contribution in [0.4, 0.5) is 23.7 Å². The van der Waals surface area contributed by atoms with Crippen molar-refractivity contribution in [1.29, 1.82) is 0 Å². The fourth-order valence-electron chi connectivity index (χ4n) is 4.32. The fourth-order valence-corrected chi connectivity index (χ4v) is 4.32. The normalized spacial score (nSPS) is 19.1. The first-order valence-electron chi connectivity index (χ1n) is 11.0. The number of hydrogen-bond acceptors (Lipinski definition) is 3. The Kier molecular flexibility index (Phi) is 6.98. The molecule has 0 aliphatic heterocycles. The summed E-state index contributed by atoms with van der Waals surface area (Å²) in [7, 11) is 1.29. The smallest absolute Gasteiger partial charge is 0.395 e. The first kappa shape index (κ1) is 24.9. The number of nitrogens with one attached hydrogen (secondary N) is 2. The van der Waals surface area contributed by atoms with Crippen LogP contribution in [0.1, 0.15) is 68.4 Å². The summed E-state index contributed by atoms with van der Waals surface area (Å²) in [6.45, 7) is 7.15. The molecule has 1 aliphatic carbocycles. The van der Waals surface area contributed by atoms with Crippen LogP contribution >= 0.6 is 0 Å². The number of aliphatic hydroxyl groups is 1. The number of rotatable bonds is 5. The lowest BCUT2D eigenvalue weighted by molar-refractivity contribution is -0.151. The standard InChI is InChI=1S/C25H31F3N2O3/c1-6-18(25(26,27)28)17-12-15(24(2,3)4)13-20(22(17)33-5)30-23(32)29-19-11-14-9-7-8-10-16(14)21(19)31/h7-10,12-13,18-19,21,31H,6,11H2,1-5H3,(H2,29,30,32)/t18-,19-,21+/m1/s1. The van der Waals surface area contributed by atoms with Crippen LogP contribution in [0.2, 0.25) is 0 Å². The van der Waals surface area contributed by atoms with Crippen LogP contribution in [0.5, 0.6) is 5.75 Å². The third-order valence-corrected chi connectivity index (χ3v) is 6.13. The number of alkyl halides is 3. The molecule has 8 heteroatoms. The molecule has 0 fully saturated rings. The highest BCUT2D eigenvalue weighted by atomic mass is 19.4. The molecule has 0 bridgehead atoms. The first-order valence-corrected chi connectivity index (χ1v) is 11.0. The molecule has 0 saturated heterocycles. The summed E-state index contributed by atoms with van der Waals surface area (Å²) >= 11 is 0. The van der Waals surface area contributed by atoms with Gasteiger partial charge < -0.3 is 20.5 Å². The molecule has 3 rings (SSSR count). The van der Waals surface area contributed by atoms with Crippen molar-refractivity contribution in [2.45, 2.75) is 70.2 Å². The number of hydrogen-bond donors (Lipinski definition) is 3. The molecule has 2 aromatic rings. The molecule has 1 aliphatic rings. The Morgan fingerprint density at radius 3 is 2.42 bits per heavy atom. The van der Waals surface area contributed by atoms with E-state index in [4.69, 9.17) is 4.74 Å². The van der Waals surface area contributed by atoms with E-state index < -0.39 is 35.7 Å². The number of fused-ring (bicyclic) bond motifs is 1. The van der Waals surface area contributed by atoms with Crippen molar-refractivity contribution < 1.29 is 27.8 Å². The van der Waals surface area contributed by atoms with Crippen LogP contribution in [-0.2, 0) is 11.8 Å². The van der Waals surface area contributed by atoms with E-state index in [0.717, 1.165) is 11.1 Å². The second kappa shape index (κ2) is 9.25. The van der Waals surface area contributed by atoms with Gasteiger partial charge in [-0.1, -0.05) is 58.0 Å². The van der Waals surface area contributed by atoms with Gasteiger partial charge in [-0.25, -0.2) is 4.79 Å². The number of methoxy groups -OCH3 is 1. The Morgan fingerprint density at radius 2 is 1.88 bits per heavy atom. The van der Waals surface area contributed by atoms with Gasteiger partial charge in [0.15, 0.2) is 0 Å².